The number of carbonyl (C=O) groups excluding carboxylic acids is 1. The molecule has 0 spiro atoms. The Labute approximate surface area is 103 Å². The molecule has 0 saturated heterocycles. The molecule has 2 rings (SSSR count). The molecule has 1 aromatic carbocycles. The van der Waals surface area contributed by atoms with E-state index in [0.717, 1.165) is 10.7 Å². The van der Waals surface area contributed by atoms with Gasteiger partial charge in [-0.1, -0.05) is 23.5 Å². The fraction of sp³-hybridized carbons (Fsp3) is 0.182. The summed E-state index contributed by atoms with van der Waals surface area (Å²) in [5.41, 5.74) is 1.37. The summed E-state index contributed by atoms with van der Waals surface area (Å²) >= 11 is 1.35. The third kappa shape index (κ3) is 2.59. The van der Waals surface area contributed by atoms with E-state index in [-0.39, 0.29) is 5.91 Å². The Morgan fingerprint density at radius 1 is 1.29 bits per heavy atom. The van der Waals surface area contributed by atoms with E-state index >= 15 is 0 Å². The van der Waals surface area contributed by atoms with Gasteiger partial charge in [0.15, 0.2) is 0 Å². The van der Waals surface area contributed by atoms with Crippen LogP contribution in [0.1, 0.15) is 15.4 Å². The lowest BCUT2D eigenvalue weighted by atomic mass is 10.1. The van der Waals surface area contributed by atoms with Crippen LogP contribution in [0.2, 0.25) is 0 Å². The van der Waals surface area contributed by atoms with Crippen molar-refractivity contribution in [1.29, 1.82) is 0 Å². The van der Waals surface area contributed by atoms with Gasteiger partial charge in [0.2, 0.25) is 5.13 Å². The SMILES string of the molecule is CNc1ccccc1C(=O)Nc1nnc(C)s1. The summed E-state index contributed by atoms with van der Waals surface area (Å²) in [7, 11) is 1.78. The molecule has 0 aliphatic carbocycles. The predicted molar refractivity (Wildman–Crippen MR) is 68.6 cm³/mol. The molecule has 1 aromatic heterocycles. The first-order valence-corrected chi connectivity index (χ1v) is 5.90. The van der Waals surface area contributed by atoms with Crippen LogP contribution < -0.4 is 10.6 Å². The quantitative estimate of drug-likeness (QED) is 0.873. The van der Waals surface area contributed by atoms with Gasteiger partial charge in [-0.05, 0) is 19.1 Å². The number of amides is 1. The number of hydrogen-bond donors (Lipinski definition) is 2. The van der Waals surface area contributed by atoms with Crippen molar-refractivity contribution >= 4 is 28.1 Å². The zero-order chi connectivity index (χ0) is 12.3. The highest BCUT2D eigenvalue weighted by atomic mass is 32.1. The molecule has 2 aromatic rings. The second-order valence-corrected chi connectivity index (χ2v) is 4.56. The summed E-state index contributed by atoms with van der Waals surface area (Å²) in [4.78, 5) is 12.0. The maximum absolute atomic E-state index is 12.0. The number of aromatic nitrogens is 2. The van der Waals surface area contributed by atoms with Gasteiger partial charge in [-0.3, -0.25) is 10.1 Å². The third-order valence-corrected chi connectivity index (χ3v) is 2.94. The van der Waals surface area contributed by atoms with E-state index in [1.807, 2.05) is 25.1 Å². The number of para-hydroxylation sites is 1. The van der Waals surface area contributed by atoms with Crippen molar-refractivity contribution in [3.05, 3.63) is 34.8 Å². The lowest BCUT2D eigenvalue weighted by Gasteiger charge is -2.07. The molecule has 0 atom stereocenters. The van der Waals surface area contributed by atoms with Crippen molar-refractivity contribution in [2.24, 2.45) is 0 Å². The van der Waals surface area contributed by atoms with E-state index in [1.165, 1.54) is 11.3 Å². The minimum absolute atomic E-state index is 0.189. The van der Waals surface area contributed by atoms with Crippen molar-refractivity contribution in [2.45, 2.75) is 6.92 Å². The van der Waals surface area contributed by atoms with Crippen LogP contribution in [-0.4, -0.2) is 23.2 Å². The summed E-state index contributed by atoms with van der Waals surface area (Å²) in [6.07, 6.45) is 0. The minimum atomic E-state index is -0.189. The van der Waals surface area contributed by atoms with Crippen molar-refractivity contribution < 1.29 is 4.79 Å². The Hall–Kier alpha value is -1.95. The van der Waals surface area contributed by atoms with E-state index < -0.39 is 0 Å². The molecule has 88 valence electrons. The van der Waals surface area contributed by atoms with Gasteiger partial charge >= 0.3 is 0 Å². The van der Waals surface area contributed by atoms with Crippen molar-refractivity contribution in [3.8, 4) is 0 Å². The smallest absolute Gasteiger partial charge is 0.259 e. The number of hydrogen-bond acceptors (Lipinski definition) is 5. The van der Waals surface area contributed by atoms with E-state index in [4.69, 9.17) is 0 Å². The highest BCUT2D eigenvalue weighted by Gasteiger charge is 2.11. The second-order valence-electron chi connectivity index (χ2n) is 3.38. The molecule has 2 N–H and O–H groups in total. The first kappa shape index (κ1) is 11.5. The average molecular weight is 248 g/mol. The van der Waals surface area contributed by atoms with Crippen molar-refractivity contribution in [2.75, 3.05) is 17.7 Å². The van der Waals surface area contributed by atoms with Crippen LogP contribution in [0, 0.1) is 6.92 Å². The molecule has 1 amide bonds. The van der Waals surface area contributed by atoms with Crippen LogP contribution in [0.15, 0.2) is 24.3 Å². The molecule has 0 aliphatic heterocycles. The number of nitrogens with one attached hydrogen (secondary N) is 2. The lowest BCUT2D eigenvalue weighted by molar-refractivity contribution is 0.102. The molecule has 0 bridgehead atoms. The average Bonchev–Trinajstić information content (AvgIpc) is 2.74. The topological polar surface area (TPSA) is 66.9 Å². The van der Waals surface area contributed by atoms with Crippen LogP contribution in [-0.2, 0) is 0 Å². The van der Waals surface area contributed by atoms with Crippen LogP contribution >= 0.6 is 11.3 Å². The van der Waals surface area contributed by atoms with Gasteiger partial charge in [0.1, 0.15) is 5.01 Å². The van der Waals surface area contributed by atoms with Gasteiger partial charge in [-0.15, -0.1) is 10.2 Å². The second kappa shape index (κ2) is 4.92. The molecule has 6 heteroatoms. The number of benzene rings is 1. The summed E-state index contributed by atoms with van der Waals surface area (Å²) in [5, 5.41) is 14.7. The summed E-state index contributed by atoms with van der Waals surface area (Å²) in [5.74, 6) is -0.189. The highest BCUT2D eigenvalue weighted by molar-refractivity contribution is 7.15. The van der Waals surface area contributed by atoms with Crippen molar-refractivity contribution in [1.82, 2.24) is 10.2 Å². The molecule has 0 fully saturated rings. The Bertz CT molecular complexity index is 538. The largest absolute Gasteiger partial charge is 0.387 e. The first-order chi connectivity index (χ1) is 8.20. The summed E-state index contributed by atoms with van der Waals surface area (Å²) < 4.78 is 0. The summed E-state index contributed by atoms with van der Waals surface area (Å²) in [6.45, 7) is 1.84. The van der Waals surface area contributed by atoms with Gasteiger partial charge in [0, 0.05) is 12.7 Å². The number of nitrogens with zero attached hydrogens (tertiary/aromatic N) is 2. The number of rotatable bonds is 3. The van der Waals surface area contributed by atoms with Gasteiger partial charge in [0.25, 0.3) is 5.91 Å². The minimum Gasteiger partial charge on any atom is -0.387 e. The number of anilines is 2. The maximum atomic E-state index is 12.0. The molecule has 17 heavy (non-hydrogen) atoms. The molecule has 0 saturated carbocycles. The van der Waals surface area contributed by atoms with Gasteiger partial charge in [0.05, 0.1) is 5.56 Å². The van der Waals surface area contributed by atoms with Crippen LogP contribution in [0.25, 0.3) is 0 Å². The normalized spacial score (nSPS) is 10.0. The molecule has 0 aliphatic rings. The highest BCUT2D eigenvalue weighted by Crippen LogP contribution is 2.18. The molecule has 5 nitrogen and oxygen atoms in total. The van der Waals surface area contributed by atoms with Crippen LogP contribution in [0.5, 0.6) is 0 Å². The molecule has 1 heterocycles. The Morgan fingerprint density at radius 3 is 2.71 bits per heavy atom. The predicted octanol–water partition coefficient (Wildman–Crippen LogP) is 2.14. The van der Waals surface area contributed by atoms with E-state index in [0.29, 0.717) is 10.7 Å². The lowest BCUT2D eigenvalue weighted by Crippen LogP contribution is -2.13. The number of carbonyl (C=O) groups is 1. The standard InChI is InChI=1S/C11H12N4OS/c1-7-14-15-11(17-7)13-10(16)8-5-3-4-6-9(8)12-2/h3-6,12H,1-2H3,(H,13,15,16). The van der Waals surface area contributed by atoms with Crippen molar-refractivity contribution in [3.63, 3.8) is 0 Å². The van der Waals surface area contributed by atoms with E-state index in [2.05, 4.69) is 20.8 Å². The first-order valence-electron chi connectivity index (χ1n) is 5.09. The molecular weight excluding hydrogens is 236 g/mol. The zero-order valence-corrected chi connectivity index (χ0v) is 10.3. The zero-order valence-electron chi connectivity index (χ0n) is 9.52. The Balaban J connectivity index is 2.20. The Morgan fingerprint density at radius 2 is 2.06 bits per heavy atom. The fourth-order valence-corrected chi connectivity index (χ4v) is 2.00. The number of aryl methyl sites for hydroxylation is 1. The van der Waals surface area contributed by atoms with Crippen LogP contribution in [0.4, 0.5) is 10.8 Å². The van der Waals surface area contributed by atoms with E-state index in [9.17, 15) is 4.79 Å². The molecular formula is C11H12N4OS. The van der Waals surface area contributed by atoms with Gasteiger partial charge in [-0.2, -0.15) is 0 Å². The summed E-state index contributed by atoms with van der Waals surface area (Å²) in [6, 6.07) is 7.30. The van der Waals surface area contributed by atoms with Gasteiger partial charge < -0.3 is 5.32 Å². The third-order valence-electron chi connectivity index (χ3n) is 2.19. The fourth-order valence-electron chi connectivity index (χ4n) is 1.41. The van der Waals surface area contributed by atoms with Gasteiger partial charge in [-0.25, -0.2) is 0 Å². The van der Waals surface area contributed by atoms with Crippen LogP contribution in [0.3, 0.4) is 0 Å². The van der Waals surface area contributed by atoms with E-state index in [1.54, 1.807) is 13.1 Å². The molecule has 0 unspecified atom stereocenters. The monoisotopic (exact) mass is 248 g/mol. The molecule has 0 radical (unpaired) electrons. The Kier molecular flexibility index (Phi) is 3.34. The maximum Gasteiger partial charge on any atom is 0.259 e.